The lowest BCUT2D eigenvalue weighted by Gasteiger charge is -2.28. The van der Waals surface area contributed by atoms with Gasteiger partial charge in [-0.2, -0.15) is 0 Å². The van der Waals surface area contributed by atoms with E-state index >= 15 is 0 Å². The van der Waals surface area contributed by atoms with Gasteiger partial charge >= 0.3 is 0 Å². The number of rotatable bonds is 22. The topological polar surface area (TPSA) is 127 Å². The van der Waals surface area contributed by atoms with E-state index < -0.39 is 0 Å². The normalized spacial score (nSPS) is 14.0. The van der Waals surface area contributed by atoms with E-state index in [0.29, 0.717) is 32.0 Å². The zero-order valence-corrected chi connectivity index (χ0v) is 29.5. The Labute approximate surface area is 289 Å². The molecule has 264 valence electrons. The monoisotopic (exact) mass is 684 g/mol. The first kappa shape index (κ1) is 37.4. The van der Waals surface area contributed by atoms with Crippen molar-refractivity contribution in [1.29, 1.82) is 0 Å². The van der Waals surface area contributed by atoms with Crippen LogP contribution in [0, 0.1) is 0 Å². The van der Waals surface area contributed by atoms with E-state index in [1.807, 2.05) is 24.3 Å². The Bertz CT molecular complexity index is 1340. The molecule has 0 saturated carbocycles. The van der Waals surface area contributed by atoms with Gasteiger partial charge in [0.2, 0.25) is 0 Å². The van der Waals surface area contributed by atoms with Crippen LogP contribution in [0.1, 0.15) is 29.7 Å². The smallest absolute Gasteiger partial charge is 0.185 e. The molecular formula is C35H52N6O6S. The van der Waals surface area contributed by atoms with Crippen molar-refractivity contribution in [1.82, 2.24) is 14.8 Å². The summed E-state index contributed by atoms with van der Waals surface area (Å²) in [6.45, 7) is 10.5. The van der Waals surface area contributed by atoms with Crippen molar-refractivity contribution in [2.75, 3.05) is 105 Å². The zero-order valence-electron chi connectivity index (χ0n) is 28.6. The Hall–Kier alpha value is -3.46. The van der Waals surface area contributed by atoms with E-state index in [1.54, 1.807) is 37.7 Å². The molecule has 0 amide bonds. The standard InChI is InChI=1S/C35H52N6O6S/c1-39(15-16-40-19-25-45-26-20-40)35-37-33(32(48-35)27-41(17-23-43-2)18-24-44-3)28-7-11-30(12-8-28)46-21-5-4-6-22-47-31-13-9-29(10-14-31)34(36)38-42/h7-14,42H,4-6,15-27H2,1-3H3,(H2,36,38). The Morgan fingerprint density at radius 2 is 1.50 bits per heavy atom. The maximum absolute atomic E-state index is 8.78. The van der Waals surface area contributed by atoms with Crippen LogP contribution in [0.3, 0.4) is 0 Å². The molecule has 1 aliphatic rings. The van der Waals surface area contributed by atoms with Gasteiger partial charge in [0.25, 0.3) is 0 Å². The van der Waals surface area contributed by atoms with Crippen LogP contribution in [0.15, 0.2) is 53.7 Å². The second-order valence-electron chi connectivity index (χ2n) is 11.7. The van der Waals surface area contributed by atoms with E-state index in [2.05, 4.69) is 39.0 Å². The number of thiazole rings is 1. The van der Waals surface area contributed by atoms with E-state index in [1.165, 1.54) is 4.88 Å². The van der Waals surface area contributed by atoms with Crippen molar-refractivity contribution in [2.45, 2.75) is 25.8 Å². The number of benzene rings is 2. The van der Waals surface area contributed by atoms with Gasteiger partial charge in [0, 0.05) is 83.1 Å². The third kappa shape index (κ3) is 12.2. The van der Waals surface area contributed by atoms with Crippen molar-refractivity contribution < 1.29 is 28.9 Å². The maximum Gasteiger partial charge on any atom is 0.185 e. The summed E-state index contributed by atoms with van der Waals surface area (Å²) < 4.78 is 28.2. The summed E-state index contributed by atoms with van der Waals surface area (Å²) in [4.78, 5) is 13.5. The molecule has 0 aliphatic carbocycles. The molecule has 0 bridgehead atoms. The Kier molecular flexibility index (Phi) is 16.2. The molecule has 2 heterocycles. The minimum atomic E-state index is 0.0792. The van der Waals surface area contributed by atoms with E-state index in [0.717, 1.165) is 106 Å². The summed E-state index contributed by atoms with van der Waals surface area (Å²) in [5.41, 5.74) is 8.35. The van der Waals surface area contributed by atoms with Crippen LogP contribution in [-0.4, -0.2) is 126 Å². The van der Waals surface area contributed by atoms with Crippen LogP contribution >= 0.6 is 11.3 Å². The molecule has 1 aliphatic heterocycles. The van der Waals surface area contributed by atoms with Crippen LogP contribution in [0.5, 0.6) is 11.5 Å². The fourth-order valence-electron chi connectivity index (χ4n) is 5.21. The average Bonchev–Trinajstić information content (AvgIpc) is 3.55. The number of aromatic nitrogens is 1. The minimum absolute atomic E-state index is 0.0792. The van der Waals surface area contributed by atoms with Crippen molar-refractivity contribution in [2.24, 2.45) is 10.9 Å². The van der Waals surface area contributed by atoms with Gasteiger partial charge in [-0.05, 0) is 67.8 Å². The fourth-order valence-corrected chi connectivity index (χ4v) is 6.32. The van der Waals surface area contributed by atoms with Gasteiger partial charge in [-0.15, -0.1) is 0 Å². The molecule has 2 aromatic carbocycles. The lowest BCUT2D eigenvalue weighted by Crippen LogP contribution is -2.40. The van der Waals surface area contributed by atoms with Crippen LogP contribution in [0.4, 0.5) is 5.13 Å². The first-order chi connectivity index (χ1) is 23.5. The number of morpholine rings is 1. The molecule has 0 spiro atoms. The number of hydrogen-bond donors (Lipinski definition) is 2. The first-order valence-corrected chi connectivity index (χ1v) is 17.5. The Balaban J connectivity index is 1.30. The second kappa shape index (κ2) is 20.8. The molecule has 1 aromatic heterocycles. The van der Waals surface area contributed by atoms with Gasteiger partial charge in [0.1, 0.15) is 11.5 Å². The Morgan fingerprint density at radius 3 is 2.08 bits per heavy atom. The number of ether oxygens (including phenoxy) is 5. The molecule has 3 N–H and O–H groups in total. The summed E-state index contributed by atoms with van der Waals surface area (Å²) in [7, 11) is 5.61. The van der Waals surface area contributed by atoms with Crippen molar-refractivity contribution in [3.05, 3.63) is 59.0 Å². The number of likely N-dealkylation sites (N-methyl/N-ethyl adjacent to an activating group) is 1. The largest absolute Gasteiger partial charge is 0.494 e. The third-order valence-corrected chi connectivity index (χ3v) is 9.32. The lowest BCUT2D eigenvalue weighted by atomic mass is 10.1. The summed E-state index contributed by atoms with van der Waals surface area (Å²) in [5, 5.41) is 12.8. The number of oxime groups is 1. The highest BCUT2D eigenvalue weighted by Crippen LogP contribution is 2.34. The minimum Gasteiger partial charge on any atom is -0.494 e. The summed E-state index contributed by atoms with van der Waals surface area (Å²) in [6, 6.07) is 15.5. The summed E-state index contributed by atoms with van der Waals surface area (Å²) in [6.07, 6.45) is 2.85. The molecule has 1 saturated heterocycles. The van der Waals surface area contributed by atoms with E-state index in [9.17, 15) is 0 Å². The Morgan fingerprint density at radius 1 is 0.896 bits per heavy atom. The highest BCUT2D eigenvalue weighted by Gasteiger charge is 2.20. The number of nitrogens with two attached hydrogens (primary N) is 1. The van der Waals surface area contributed by atoms with Crippen LogP contribution in [0.25, 0.3) is 11.3 Å². The second-order valence-corrected chi connectivity index (χ2v) is 12.8. The highest BCUT2D eigenvalue weighted by molar-refractivity contribution is 7.16. The van der Waals surface area contributed by atoms with E-state index in [4.69, 9.17) is 39.6 Å². The maximum atomic E-state index is 8.78. The number of amidine groups is 1. The molecule has 13 heteroatoms. The zero-order chi connectivity index (χ0) is 34.0. The van der Waals surface area contributed by atoms with Gasteiger partial charge in [0.15, 0.2) is 11.0 Å². The van der Waals surface area contributed by atoms with Gasteiger partial charge in [0.05, 0.1) is 45.3 Å². The molecule has 48 heavy (non-hydrogen) atoms. The highest BCUT2D eigenvalue weighted by atomic mass is 32.1. The van der Waals surface area contributed by atoms with Crippen molar-refractivity contribution >= 4 is 22.3 Å². The van der Waals surface area contributed by atoms with Crippen LogP contribution in [0.2, 0.25) is 0 Å². The van der Waals surface area contributed by atoms with Gasteiger partial charge in [-0.25, -0.2) is 4.98 Å². The van der Waals surface area contributed by atoms with Gasteiger partial charge in [-0.1, -0.05) is 16.5 Å². The third-order valence-electron chi connectivity index (χ3n) is 8.17. The molecule has 0 radical (unpaired) electrons. The number of hydrogen-bond acceptors (Lipinski definition) is 12. The number of nitrogens with zero attached hydrogens (tertiary/aromatic N) is 5. The molecular weight excluding hydrogens is 632 g/mol. The number of methoxy groups -OCH3 is 2. The number of unbranched alkanes of at least 4 members (excludes halogenated alkanes) is 2. The van der Waals surface area contributed by atoms with Crippen LogP contribution in [-0.2, 0) is 20.8 Å². The summed E-state index contributed by atoms with van der Waals surface area (Å²) >= 11 is 1.76. The molecule has 3 aromatic rings. The molecule has 1 fully saturated rings. The molecule has 0 unspecified atom stereocenters. The van der Waals surface area contributed by atoms with Crippen LogP contribution < -0.4 is 20.1 Å². The molecule has 4 rings (SSSR count). The van der Waals surface area contributed by atoms with E-state index in [-0.39, 0.29) is 5.84 Å². The van der Waals surface area contributed by atoms with Gasteiger partial charge < -0.3 is 39.5 Å². The van der Waals surface area contributed by atoms with Crippen molar-refractivity contribution in [3.63, 3.8) is 0 Å². The molecule has 0 atom stereocenters. The van der Waals surface area contributed by atoms with Crippen molar-refractivity contribution in [3.8, 4) is 22.8 Å². The lowest BCUT2D eigenvalue weighted by molar-refractivity contribution is 0.0393. The first-order valence-electron chi connectivity index (χ1n) is 16.7. The average molecular weight is 685 g/mol. The quantitative estimate of drug-likeness (QED) is 0.0514. The SMILES string of the molecule is COCCN(CCOC)Cc1sc(N(C)CCN2CCOCC2)nc1-c1ccc(OCCCCCOc2ccc(/C(N)=N/O)cc2)cc1. The summed E-state index contributed by atoms with van der Waals surface area (Å²) in [5.74, 6) is 1.69. The predicted molar refractivity (Wildman–Crippen MR) is 191 cm³/mol. The predicted octanol–water partition coefficient (Wildman–Crippen LogP) is 4.40. The molecule has 12 nitrogen and oxygen atoms in total. The van der Waals surface area contributed by atoms with Gasteiger partial charge in [-0.3, -0.25) is 9.80 Å². The number of anilines is 1. The fraction of sp³-hybridized carbons (Fsp3) is 0.543.